The summed E-state index contributed by atoms with van der Waals surface area (Å²) in [6.45, 7) is 9.67. The lowest BCUT2D eigenvalue weighted by Gasteiger charge is -2.37. The molecule has 150 valence electrons. The van der Waals surface area contributed by atoms with Crippen LogP contribution in [0.3, 0.4) is 0 Å². The fraction of sp³-hybridized carbons (Fsp3) is 0.458. The van der Waals surface area contributed by atoms with Crippen molar-refractivity contribution in [3.05, 3.63) is 53.6 Å². The summed E-state index contributed by atoms with van der Waals surface area (Å²) in [6, 6.07) is 13.9. The number of carbonyl (C=O) groups excluding carboxylic acids is 1. The minimum atomic E-state index is 0.0369. The highest BCUT2D eigenvalue weighted by atomic mass is 16.3. The number of hydrogen-bond acceptors (Lipinski definition) is 4. The lowest BCUT2D eigenvalue weighted by Crippen LogP contribution is -2.38. The number of likely N-dealkylation sites (N-methyl/N-ethyl adjacent to an activating group) is 1. The highest BCUT2D eigenvalue weighted by Gasteiger charge is 2.22. The lowest BCUT2D eigenvalue weighted by atomic mass is 9.91. The zero-order valence-corrected chi connectivity index (χ0v) is 17.4. The molecule has 3 atom stereocenters. The molecule has 1 heterocycles. The van der Waals surface area contributed by atoms with Crippen LogP contribution in [0.25, 0.3) is 0 Å². The van der Waals surface area contributed by atoms with E-state index in [0.717, 1.165) is 49.0 Å². The van der Waals surface area contributed by atoms with Crippen molar-refractivity contribution in [2.75, 3.05) is 36.5 Å². The molecule has 0 radical (unpaired) electrons. The van der Waals surface area contributed by atoms with Gasteiger partial charge >= 0.3 is 0 Å². The van der Waals surface area contributed by atoms with E-state index >= 15 is 0 Å². The molecule has 0 aromatic heterocycles. The highest BCUT2D eigenvalue weighted by Crippen LogP contribution is 2.31. The summed E-state index contributed by atoms with van der Waals surface area (Å²) in [6.07, 6.45) is 2.13. The van der Waals surface area contributed by atoms with Crippen molar-refractivity contribution < 1.29 is 9.90 Å². The lowest BCUT2D eigenvalue weighted by molar-refractivity contribution is 0.112. The number of carbonyl (C=O) groups is 1. The van der Waals surface area contributed by atoms with Crippen molar-refractivity contribution in [1.82, 2.24) is 0 Å². The third kappa shape index (κ3) is 4.49. The molecule has 0 amide bonds. The van der Waals surface area contributed by atoms with Gasteiger partial charge in [0.25, 0.3) is 0 Å². The van der Waals surface area contributed by atoms with E-state index in [2.05, 4.69) is 55.0 Å². The molecule has 1 saturated heterocycles. The maximum absolute atomic E-state index is 11.3. The number of anilines is 2. The second kappa shape index (κ2) is 8.68. The summed E-state index contributed by atoms with van der Waals surface area (Å²) in [4.78, 5) is 16.0. The first-order valence-corrected chi connectivity index (χ1v) is 10.2. The Balaban J connectivity index is 1.70. The van der Waals surface area contributed by atoms with E-state index in [-0.39, 0.29) is 11.7 Å². The quantitative estimate of drug-likeness (QED) is 0.722. The molecule has 2 aromatic carbocycles. The number of rotatable bonds is 6. The van der Waals surface area contributed by atoms with Gasteiger partial charge in [-0.3, -0.25) is 4.79 Å². The van der Waals surface area contributed by atoms with Crippen molar-refractivity contribution >= 4 is 17.7 Å². The van der Waals surface area contributed by atoms with E-state index in [1.807, 2.05) is 6.92 Å². The van der Waals surface area contributed by atoms with Crippen LogP contribution in [0.5, 0.6) is 5.75 Å². The van der Waals surface area contributed by atoms with Gasteiger partial charge in [-0.15, -0.1) is 0 Å². The zero-order valence-electron chi connectivity index (χ0n) is 17.4. The largest absolute Gasteiger partial charge is 0.508 e. The molecule has 0 aliphatic carbocycles. The molecular formula is C24H32N2O2. The fourth-order valence-corrected chi connectivity index (χ4v) is 4.61. The summed E-state index contributed by atoms with van der Waals surface area (Å²) >= 11 is 0. The summed E-state index contributed by atoms with van der Waals surface area (Å²) in [7, 11) is 2.05. The monoisotopic (exact) mass is 380 g/mol. The molecule has 1 aliphatic heterocycles. The van der Waals surface area contributed by atoms with Gasteiger partial charge in [-0.1, -0.05) is 32.9 Å². The minimum absolute atomic E-state index is 0.0369. The van der Waals surface area contributed by atoms with Gasteiger partial charge in [-0.05, 0) is 48.6 Å². The predicted octanol–water partition coefficient (Wildman–Crippen LogP) is 4.93. The fourth-order valence-electron chi connectivity index (χ4n) is 4.61. The van der Waals surface area contributed by atoms with Crippen LogP contribution < -0.4 is 9.80 Å². The molecule has 4 nitrogen and oxygen atoms in total. The number of hydrogen-bond donors (Lipinski definition) is 1. The number of nitrogens with zero attached hydrogens (tertiary/aromatic N) is 2. The zero-order chi connectivity index (χ0) is 20.3. The first-order chi connectivity index (χ1) is 13.4. The number of aromatic hydroxyl groups is 1. The van der Waals surface area contributed by atoms with Gasteiger partial charge in [-0.2, -0.15) is 0 Å². The van der Waals surface area contributed by atoms with Crippen LogP contribution in [0.1, 0.15) is 49.0 Å². The van der Waals surface area contributed by atoms with Crippen LogP contribution in [-0.4, -0.2) is 38.1 Å². The SMILES string of the molecule is CC1CC(C)CN(c2ccc(N(C)CC(C)c3c(O)cccc3C=O)cc2)C1. The molecule has 0 bridgehead atoms. The van der Waals surface area contributed by atoms with Crippen molar-refractivity contribution in [3.8, 4) is 5.75 Å². The Labute approximate surface area is 168 Å². The molecule has 1 aliphatic rings. The number of piperidine rings is 1. The molecule has 2 aromatic rings. The standard InChI is InChI=1S/C24H32N2O2/c1-17-12-18(2)14-26(13-17)22-10-8-21(9-11-22)25(4)15-19(3)24-20(16-27)6-5-7-23(24)28/h5-11,16-19,28H,12-15H2,1-4H3. The molecule has 0 spiro atoms. The summed E-state index contributed by atoms with van der Waals surface area (Å²) in [5.41, 5.74) is 3.70. The van der Waals surface area contributed by atoms with E-state index in [4.69, 9.17) is 0 Å². The van der Waals surface area contributed by atoms with Gasteiger partial charge in [0.1, 0.15) is 12.0 Å². The maximum Gasteiger partial charge on any atom is 0.150 e. The van der Waals surface area contributed by atoms with E-state index in [0.29, 0.717) is 5.56 Å². The Morgan fingerprint density at radius 2 is 1.79 bits per heavy atom. The van der Waals surface area contributed by atoms with Gasteiger partial charge in [0.05, 0.1) is 0 Å². The van der Waals surface area contributed by atoms with Gasteiger partial charge in [0, 0.05) is 55.1 Å². The Morgan fingerprint density at radius 1 is 1.14 bits per heavy atom. The summed E-state index contributed by atoms with van der Waals surface area (Å²) in [5, 5.41) is 10.2. The van der Waals surface area contributed by atoms with Crippen molar-refractivity contribution in [1.29, 1.82) is 0 Å². The van der Waals surface area contributed by atoms with Crippen LogP contribution in [0.15, 0.2) is 42.5 Å². The van der Waals surface area contributed by atoms with Crippen molar-refractivity contribution in [3.63, 3.8) is 0 Å². The van der Waals surface area contributed by atoms with Crippen LogP contribution >= 0.6 is 0 Å². The third-order valence-corrected chi connectivity index (χ3v) is 5.81. The van der Waals surface area contributed by atoms with Crippen LogP contribution in [0.2, 0.25) is 0 Å². The average Bonchev–Trinajstić information content (AvgIpc) is 2.66. The molecule has 1 N–H and O–H groups in total. The highest BCUT2D eigenvalue weighted by molar-refractivity contribution is 5.79. The summed E-state index contributed by atoms with van der Waals surface area (Å²) < 4.78 is 0. The normalized spacial score (nSPS) is 20.6. The van der Waals surface area contributed by atoms with E-state index in [9.17, 15) is 9.90 Å². The van der Waals surface area contributed by atoms with Gasteiger partial charge in [0.15, 0.2) is 0 Å². The minimum Gasteiger partial charge on any atom is -0.508 e. The molecule has 0 saturated carbocycles. The Bertz CT molecular complexity index is 793. The molecule has 3 rings (SSSR count). The number of phenols is 1. The second-order valence-corrected chi connectivity index (χ2v) is 8.55. The Morgan fingerprint density at radius 3 is 2.39 bits per heavy atom. The molecular weight excluding hydrogens is 348 g/mol. The van der Waals surface area contributed by atoms with E-state index in [1.165, 1.54) is 12.1 Å². The average molecular weight is 381 g/mol. The molecule has 1 fully saturated rings. The number of phenolic OH excluding ortho intramolecular Hbond substituents is 1. The summed E-state index contributed by atoms with van der Waals surface area (Å²) in [5.74, 6) is 1.69. The maximum atomic E-state index is 11.3. The Kier molecular flexibility index (Phi) is 6.28. The van der Waals surface area contributed by atoms with Crippen LogP contribution in [0.4, 0.5) is 11.4 Å². The Hall–Kier alpha value is -2.49. The molecule has 4 heteroatoms. The van der Waals surface area contributed by atoms with Crippen LogP contribution in [0, 0.1) is 11.8 Å². The van der Waals surface area contributed by atoms with Crippen molar-refractivity contribution in [2.45, 2.75) is 33.1 Å². The molecule has 3 unspecified atom stereocenters. The number of aldehydes is 1. The third-order valence-electron chi connectivity index (χ3n) is 5.81. The van der Waals surface area contributed by atoms with E-state index in [1.54, 1.807) is 18.2 Å². The van der Waals surface area contributed by atoms with Crippen molar-refractivity contribution in [2.24, 2.45) is 11.8 Å². The van der Waals surface area contributed by atoms with Gasteiger partial charge in [-0.25, -0.2) is 0 Å². The molecule has 28 heavy (non-hydrogen) atoms. The first kappa shape index (κ1) is 20.2. The topological polar surface area (TPSA) is 43.8 Å². The van der Waals surface area contributed by atoms with Crippen LogP contribution in [-0.2, 0) is 0 Å². The van der Waals surface area contributed by atoms with Gasteiger partial charge < -0.3 is 14.9 Å². The predicted molar refractivity (Wildman–Crippen MR) is 117 cm³/mol. The smallest absolute Gasteiger partial charge is 0.150 e. The number of benzene rings is 2. The first-order valence-electron chi connectivity index (χ1n) is 10.2. The van der Waals surface area contributed by atoms with Gasteiger partial charge in [0.2, 0.25) is 0 Å². The van der Waals surface area contributed by atoms with E-state index < -0.39 is 0 Å². The second-order valence-electron chi connectivity index (χ2n) is 8.55.